The zero-order chi connectivity index (χ0) is 37.5. The van der Waals surface area contributed by atoms with E-state index in [9.17, 15) is 37.8 Å². The molecule has 2 aliphatic heterocycles. The smallest absolute Gasteiger partial charge is 0.352 e. The summed E-state index contributed by atoms with van der Waals surface area (Å²) in [5.41, 5.74) is 5.83. The van der Waals surface area contributed by atoms with Gasteiger partial charge in [0.05, 0.1) is 16.8 Å². The highest BCUT2D eigenvalue weighted by Gasteiger charge is 2.55. The van der Waals surface area contributed by atoms with E-state index in [0.717, 1.165) is 22.4 Å². The van der Waals surface area contributed by atoms with Crippen LogP contribution in [0.4, 0.5) is 22.1 Å². The fourth-order valence-electron chi connectivity index (χ4n) is 5.20. The van der Waals surface area contributed by atoms with Gasteiger partial charge in [0.15, 0.2) is 10.8 Å². The third-order valence-corrected chi connectivity index (χ3v) is 11.6. The van der Waals surface area contributed by atoms with Gasteiger partial charge >= 0.3 is 12.0 Å². The zero-order valence-electron chi connectivity index (χ0n) is 26.3. The Balaban J connectivity index is 1.24. The number of carboxylic acid groups (broad SMARTS) is 1. The average molecular weight is 791 g/mol. The number of hydrogen-bond acceptors (Lipinski definition) is 17. The lowest BCUT2D eigenvalue weighted by Gasteiger charge is -2.49. The van der Waals surface area contributed by atoms with Gasteiger partial charge in [0.25, 0.3) is 5.91 Å². The minimum atomic E-state index is -3.94. The SMILES string of the molecule is Cn1nnnc1SCC1=C(C(=O)O)N2C(=O)C(NC(=O)C(c3csc(=N)[nH]3)N(C(N)=O)c3cnc(Nc4ccc(S(N)(=O)=O)cc4)nc3O)[C@@H]2SC1. The Bertz CT molecular complexity index is 2290. The lowest BCUT2D eigenvalue weighted by atomic mass is 10.0. The fourth-order valence-corrected chi connectivity index (χ4v) is 8.66. The molecule has 10 N–H and O–H groups in total. The molecule has 2 aliphatic rings. The number of amides is 4. The van der Waals surface area contributed by atoms with Crippen LogP contribution in [0.1, 0.15) is 11.7 Å². The monoisotopic (exact) mass is 790 g/mol. The predicted molar refractivity (Wildman–Crippen MR) is 183 cm³/mol. The van der Waals surface area contributed by atoms with Crippen molar-refractivity contribution in [2.24, 2.45) is 17.9 Å². The van der Waals surface area contributed by atoms with Crippen molar-refractivity contribution in [3.05, 3.63) is 57.6 Å². The molecule has 52 heavy (non-hydrogen) atoms. The quantitative estimate of drug-likeness (QED) is 0.0638. The number of nitrogens with two attached hydrogens (primary N) is 2. The molecular weight excluding hydrogens is 765 g/mol. The van der Waals surface area contributed by atoms with E-state index in [2.05, 4.69) is 41.1 Å². The number of aromatic amines is 1. The number of β-lactam (4-membered cyclic amide) rings is 1. The van der Waals surface area contributed by atoms with Crippen LogP contribution < -0.4 is 31.2 Å². The second-order valence-electron chi connectivity index (χ2n) is 10.9. The van der Waals surface area contributed by atoms with Crippen LogP contribution in [0.25, 0.3) is 0 Å². The number of nitrogens with zero attached hydrogens (tertiary/aromatic N) is 8. The van der Waals surface area contributed by atoms with Gasteiger partial charge in [-0.15, -0.1) is 28.2 Å². The van der Waals surface area contributed by atoms with Gasteiger partial charge in [-0.3, -0.25) is 24.8 Å². The Hall–Kier alpha value is -5.57. The molecule has 1 aromatic carbocycles. The maximum atomic E-state index is 14.0. The highest BCUT2D eigenvalue weighted by Crippen LogP contribution is 2.42. The highest BCUT2D eigenvalue weighted by atomic mass is 32.2. The summed E-state index contributed by atoms with van der Waals surface area (Å²) in [6, 6.07) is 1.06. The Morgan fingerprint density at radius 1 is 1.27 bits per heavy atom. The largest absolute Gasteiger partial charge is 0.492 e. The number of urea groups is 1. The number of primary amides is 1. The van der Waals surface area contributed by atoms with E-state index in [0.29, 0.717) is 21.3 Å². The summed E-state index contributed by atoms with van der Waals surface area (Å²) in [5.74, 6) is -3.61. The van der Waals surface area contributed by atoms with Gasteiger partial charge in [0.2, 0.25) is 32.9 Å². The number of hydrogen-bond donors (Lipinski definition) is 8. The van der Waals surface area contributed by atoms with E-state index >= 15 is 0 Å². The molecule has 22 nitrogen and oxygen atoms in total. The molecule has 3 atom stereocenters. The third kappa shape index (κ3) is 7.13. The van der Waals surface area contributed by atoms with Crippen LogP contribution in [0.2, 0.25) is 0 Å². The van der Waals surface area contributed by atoms with E-state index in [1.54, 1.807) is 7.05 Å². The molecule has 0 spiro atoms. The Morgan fingerprint density at radius 3 is 2.58 bits per heavy atom. The maximum Gasteiger partial charge on any atom is 0.352 e. The van der Waals surface area contributed by atoms with Crippen LogP contribution in [0, 0.1) is 5.41 Å². The Labute approximate surface area is 304 Å². The number of rotatable bonds is 12. The number of aromatic hydroxyl groups is 1. The zero-order valence-corrected chi connectivity index (χ0v) is 29.6. The summed E-state index contributed by atoms with van der Waals surface area (Å²) in [6.07, 6.45) is 0.996. The van der Waals surface area contributed by atoms with Crippen molar-refractivity contribution in [2.75, 3.05) is 21.7 Å². The molecule has 6 rings (SSSR count). The van der Waals surface area contributed by atoms with Gasteiger partial charge in [-0.2, -0.15) is 4.98 Å². The molecule has 4 aromatic rings. The summed E-state index contributed by atoms with van der Waals surface area (Å²) >= 11 is 3.30. The van der Waals surface area contributed by atoms with E-state index in [4.69, 9.17) is 16.3 Å². The first-order chi connectivity index (χ1) is 24.6. The lowest BCUT2D eigenvalue weighted by molar-refractivity contribution is -0.150. The molecule has 0 saturated carbocycles. The van der Waals surface area contributed by atoms with Gasteiger partial charge in [0, 0.05) is 29.6 Å². The number of aromatic nitrogens is 7. The van der Waals surface area contributed by atoms with E-state index in [1.807, 2.05) is 0 Å². The molecule has 1 fully saturated rings. The first kappa shape index (κ1) is 36.2. The standard InChI is InChI=1S/C26H26N14O8S4/c1-38-26(35-36-37-38)51-8-10-7-49-21-15(20(43)40(21)16(10)22(44)45)33-19(42)17(13-9-50-23(27)32-13)39(24(28)46)14-6-30-25(34-18(14)41)31-11-2-4-12(5-3-11)52(29,47)48/h2-6,9,15,17,21H,7-8H2,1H3,(H2,27,32)(H2,28,46)(H,33,42)(H,44,45)(H2,29,47,48)(H2,30,31,34,41)/t15?,17?,21-/m0/s1. The summed E-state index contributed by atoms with van der Waals surface area (Å²) < 4.78 is 24.5. The average Bonchev–Trinajstić information content (AvgIpc) is 3.71. The van der Waals surface area contributed by atoms with Crippen molar-refractivity contribution in [3.63, 3.8) is 0 Å². The summed E-state index contributed by atoms with van der Waals surface area (Å²) in [7, 11) is -2.31. The Kier molecular flexibility index (Phi) is 9.90. The van der Waals surface area contributed by atoms with Gasteiger partial charge < -0.3 is 31.6 Å². The number of fused-ring (bicyclic) bond motifs is 1. The highest BCUT2D eigenvalue weighted by molar-refractivity contribution is 8.01. The second kappa shape index (κ2) is 14.2. The lowest BCUT2D eigenvalue weighted by Crippen LogP contribution is -2.71. The predicted octanol–water partition coefficient (Wildman–Crippen LogP) is -0.877. The maximum absolute atomic E-state index is 14.0. The van der Waals surface area contributed by atoms with Crippen LogP contribution >= 0.6 is 34.9 Å². The molecule has 272 valence electrons. The number of aliphatic carboxylic acids is 1. The summed E-state index contributed by atoms with van der Waals surface area (Å²) in [4.78, 5) is 64.9. The minimum Gasteiger partial charge on any atom is -0.492 e. The van der Waals surface area contributed by atoms with Crippen LogP contribution in [0.3, 0.4) is 0 Å². The number of nitrogens with one attached hydrogen (secondary N) is 4. The van der Waals surface area contributed by atoms with Crippen molar-refractivity contribution in [3.8, 4) is 5.88 Å². The molecule has 0 aliphatic carbocycles. The van der Waals surface area contributed by atoms with Gasteiger partial charge in [-0.05, 0) is 40.3 Å². The number of anilines is 3. The van der Waals surface area contributed by atoms with E-state index in [1.165, 1.54) is 57.9 Å². The van der Waals surface area contributed by atoms with Crippen molar-refractivity contribution in [1.82, 2.24) is 45.4 Å². The number of carboxylic acids is 1. The topological polar surface area (TPSA) is 334 Å². The van der Waals surface area contributed by atoms with Gasteiger partial charge in [0.1, 0.15) is 22.8 Å². The normalized spacial score (nSPS) is 17.6. The number of sulfonamides is 1. The third-order valence-electron chi connectivity index (χ3n) is 7.55. The number of carbonyl (C=O) groups is 4. The summed E-state index contributed by atoms with van der Waals surface area (Å²) in [6.45, 7) is 0. The van der Waals surface area contributed by atoms with Crippen LogP contribution in [-0.4, -0.2) is 105 Å². The molecule has 3 aromatic heterocycles. The number of tetrazole rings is 1. The van der Waals surface area contributed by atoms with Gasteiger partial charge in [-0.25, -0.2) is 32.8 Å². The van der Waals surface area contributed by atoms with E-state index < -0.39 is 62.9 Å². The molecule has 4 amide bonds. The fraction of sp³-hybridized carbons (Fsp3) is 0.231. The number of thiazole rings is 1. The van der Waals surface area contributed by atoms with E-state index in [-0.39, 0.29) is 38.5 Å². The van der Waals surface area contributed by atoms with Crippen LogP contribution in [0.15, 0.2) is 57.2 Å². The van der Waals surface area contributed by atoms with Crippen molar-refractivity contribution in [1.29, 1.82) is 5.41 Å². The molecule has 0 radical (unpaired) electrons. The minimum absolute atomic E-state index is 0.00790. The number of primary sulfonamides is 1. The van der Waals surface area contributed by atoms with Crippen molar-refractivity contribution in [2.45, 2.75) is 27.5 Å². The Morgan fingerprint density at radius 2 is 2.00 bits per heavy atom. The number of aryl methyl sites for hydroxylation is 1. The molecule has 26 heteroatoms. The van der Waals surface area contributed by atoms with Crippen LogP contribution in [-0.2, 0) is 31.5 Å². The number of benzene rings is 1. The molecule has 1 saturated heterocycles. The number of carbonyl (C=O) groups excluding carboxylic acids is 3. The van der Waals surface area contributed by atoms with Crippen molar-refractivity contribution >= 4 is 86.0 Å². The molecule has 2 unspecified atom stereocenters. The van der Waals surface area contributed by atoms with Crippen LogP contribution in [0.5, 0.6) is 5.88 Å². The molecular formula is C26H26N14O8S4. The van der Waals surface area contributed by atoms with Crippen molar-refractivity contribution < 1.29 is 37.8 Å². The number of H-pyrrole nitrogens is 1. The summed E-state index contributed by atoms with van der Waals surface area (Å²) in [5, 5.41) is 51.6. The first-order valence-electron chi connectivity index (χ1n) is 14.5. The number of thioether (sulfide) groups is 2. The second-order valence-corrected chi connectivity index (χ2v) is 15.4. The molecule has 5 heterocycles. The molecule has 0 bridgehead atoms. The van der Waals surface area contributed by atoms with Gasteiger partial charge in [-0.1, -0.05) is 11.8 Å². The first-order valence-corrected chi connectivity index (χ1v) is 18.9.